The van der Waals surface area contributed by atoms with Gasteiger partial charge in [-0.25, -0.2) is 0 Å². The van der Waals surface area contributed by atoms with Crippen LogP contribution in [0.1, 0.15) is 42.0 Å². The maximum atomic E-state index is 11.6. The molecule has 0 unspecified atom stereocenters. The number of halogens is 3. The minimum absolute atomic E-state index is 0.0233. The summed E-state index contributed by atoms with van der Waals surface area (Å²) >= 11 is -2.13. The number of rotatable bonds is 6. The second kappa shape index (κ2) is 11.6. The van der Waals surface area contributed by atoms with Crippen molar-refractivity contribution in [2.75, 3.05) is 0 Å². The Morgan fingerprint density at radius 2 is 1.52 bits per heavy atom. The SMILES string of the molecule is CC(c1ccccc1)(c1ccccc1)c1cc([N+](=O)[O-])cc(C=NC2CC2)c1O.[Cl][Zr]([Cl])[Cl]. The molecule has 1 N–H and O–H groups in total. The van der Waals surface area contributed by atoms with E-state index in [1.807, 2.05) is 67.6 Å². The fraction of sp³-hybridized carbons (Fsp3) is 0.208. The van der Waals surface area contributed by atoms with Gasteiger partial charge in [-0.1, -0.05) is 60.7 Å². The quantitative estimate of drug-likeness (QED) is 0.143. The topological polar surface area (TPSA) is 75.7 Å². The van der Waals surface area contributed by atoms with E-state index >= 15 is 0 Å². The van der Waals surface area contributed by atoms with Crippen molar-refractivity contribution in [3.63, 3.8) is 0 Å². The van der Waals surface area contributed by atoms with Crippen molar-refractivity contribution in [2.24, 2.45) is 4.99 Å². The summed E-state index contributed by atoms with van der Waals surface area (Å²) in [4.78, 5) is 15.7. The Hall–Kier alpha value is -1.72. The second-order valence-electron chi connectivity index (χ2n) is 7.77. The van der Waals surface area contributed by atoms with Gasteiger partial charge in [-0.15, -0.1) is 0 Å². The molecule has 0 amide bonds. The summed E-state index contributed by atoms with van der Waals surface area (Å²) < 4.78 is 0. The number of aliphatic imine (C=N–C) groups is 1. The van der Waals surface area contributed by atoms with Crippen LogP contribution in [0, 0.1) is 10.1 Å². The number of nitrogens with zero attached hydrogens (tertiary/aromatic N) is 2. The molecule has 3 aromatic carbocycles. The van der Waals surface area contributed by atoms with Crippen molar-refractivity contribution in [1.29, 1.82) is 0 Å². The third-order valence-electron chi connectivity index (χ3n) is 5.55. The normalized spacial score (nSPS) is 13.3. The molecule has 1 saturated carbocycles. The number of benzene rings is 3. The number of phenolic OH excluding ortho intramolecular Hbond substituents is 1. The number of hydrogen-bond donors (Lipinski definition) is 1. The van der Waals surface area contributed by atoms with E-state index in [9.17, 15) is 15.2 Å². The summed E-state index contributed by atoms with van der Waals surface area (Å²) in [5, 5.41) is 22.8. The van der Waals surface area contributed by atoms with Gasteiger partial charge in [-0.3, -0.25) is 15.1 Å². The molecule has 1 fully saturated rings. The summed E-state index contributed by atoms with van der Waals surface area (Å²) in [5.74, 6) is 0.0233. The Bertz CT molecular complexity index is 1080. The molecule has 0 aliphatic heterocycles. The van der Waals surface area contributed by atoms with Crippen molar-refractivity contribution < 1.29 is 28.2 Å². The van der Waals surface area contributed by atoms with Crippen LogP contribution in [-0.2, 0) is 23.6 Å². The first kappa shape index (κ1) is 25.9. The fourth-order valence-electron chi connectivity index (χ4n) is 3.66. The Labute approximate surface area is 211 Å². The zero-order valence-electron chi connectivity index (χ0n) is 17.8. The second-order valence-corrected chi connectivity index (χ2v) is 19.0. The number of non-ortho nitro benzene ring substituents is 1. The van der Waals surface area contributed by atoms with Crippen LogP contribution in [0.4, 0.5) is 5.69 Å². The van der Waals surface area contributed by atoms with E-state index in [1.165, 1.54) is 12.1 Å². The van der Waals surface area contributed by atoms with Crippen molar-refractivity contribution in [1.82, 2.24) is 0 Å². The van der Waals surface area contributed by atoms with Gasteiger partial charge in [-0.2, -0.15) is 0 Å². The summed E-state index contributed by atoms with van der Waals surface area (Å²) in [6.07, 6.45) is 3.61. The van der Waals surface area contributed by atoms with Gasteiger partial charge < -0.3 is 5.11 Å². The Kier molecular flexibility index (Phi) is 9.12. The Morgan fingerprint density at radius 3 is 1.94 bits per heavy atom. The first-order valence-corrected chi connectivity index (χ1v) is 19.7. The predicted octanol–water partition coefficient (Wildman–Crippen LogP) is 7.30. The van der Waals surface area contributed by atoms with Crippen molar-refractivity contribution >= 4 is 37.4 Å². The molecule has 171 valence electrons. The third kappa shape index (κ3) is 6.67. The number of phenols is 1. The average Bonchev–Trinajstić information content (AvgIpc) is 3.63. The Morgan fingerprint density at radius 1 is 1.03 bits per heavy atom. The standard InChI is InChI=1S/C24H22N2O3.3ClH.Zr/c1-24(18-8-4-2-5-9-18,19-10-6-3-7-11-19)22-15-21(26(28)29)14-17(23(22)27)16-25-20-12-13-20;;;;/h2-11,14-16,20,27H,12-13H2,1H3;3*1H;/q;;;;+3/p-3. The number of nitro groups is 1. The van der Waals surface area contributed by atoms with E-state index in [4.69, 9.17) is 25.5 Å². The molecule has 3 aromatic rings. The van der Waals surface area contributed by atoms with E-state index in [0.717, 1.165) is 24.0 Å². The van der Waals surface area contributed by atoms with Crippen LogP contribution in [0.2, 0.25) is 0 Å². The minimum atomic E-state index is -2.13. The van der Waals surface area contributed by atoms with Gasteiger partial charge in [0.15, 0.2) is 0 Å². The number of nitro benzene ring substituents is 1. The van der Waals surface area contributed by atoms with Crippen LogP contribution in [0.5, 0.6) is 5.75 Å². The Balaban J connectivity index is 0.000000709. The third-order valence-corrected chi connectivity index (χ3v) is 5.55. The van der Waals surface area contributed by atoms with Crippen LogP contribution in [0.15, 0.2) is 77.8 Å². The molecule has 0 spiro atoms. The maximum absolute atomic E-state index is 11.6. The summed E-state index contributed by atoms with van der Waals surface area (Å²) in [6.45, 7) is 1.98. The van der Waals surface area contributed by atoms with E-state index in [0.29, 0.717) is 11.1 Å². The molecular weight excluding hydrogens is 562 g/mol. The fourth-order valence-corrected chi connectivity index (χ4v) is 3.66. The van der Waals surface area contributed by atoms with Crippen LogP contribution in [0.25, 0.3) is 0 Å². The van der Waals surface area contributed by atoms with Gasteiger partial charge in [0.1, 0.15) is 5.75 Å². The van der Waals surface area contributed by atoms with Crippen LogP contribution < -0.4 is 0 Å². The number of aromatic hydroxyl groups is 1. The zero-order chi connectivity index (χ0) is 24.0. The molecular formula is C24H22Cl3N2O3Zr. The zero-order valence-corrected chi connectivity index (χ0v) is 22.5. The predicted molar refractivity (Wildman–Crippen MR) is 131 cm³/mol. The van der Waals surface area contributed by atoms with E-state index in [-0.39, 0.29) is 17.5 Å². The summed E-state index contributed by atoms with van der Waals surface area (Å²) in [7, 11) is 15.0. The monoisotopic (exact) mass is 581 g/mol. The van der Waals surface area contributed by atoms with Crippen LogP contribution in [-0.4, -0.2) is 22.3 Å². The molecule has 0 atom stereocenters. The van der Waals surface area contributed by atoms with E-state index < -0.39 is 28.5 Å². The number of hydrogen-bond acceptors (Lipinski definition) is 4. The molecule has 33 heavy (non-hydrogen) atoms. The first-order chi connectivity index (χ1) is 15.7. The van der Waals surface area contributed by atoms with Gasteiger partial charge in [0.2, 0.25) is 0 Å². The molecule has 0 bridgehead atoms. The molecule has 4 rings (SSSR count). The first-order valence-electron chi connectivity index (χ1n) is 10.2. The van der Waals surface area contributed by atoms with Crippen molar-refractivity contribution in [3.8, 4) is 5.75 Å². The molecule has 9 heteroatoms. The van der Waals surface area contributed by atoms with E-state index in [2.05, 4.69) is 4.99 Å². The molecule has 0 radical (unpaired) electrons. The summed E-state index contributed by atoms with van der Waals surface area (Å²) in [6, 6.07) is 22.6. The van der Waals surface area contributed by atoms with Gasteiger partial charge >= 0.3 is 43.7 Å². The molecule has 5 nitrogen and oxygen atoms in total. The van der Waals surface area contributed by atoms with Crippen LogP contribution in [0.3, 0.4) is 0 Å². The molecule has 1 aliphatic carbocycles. The molecule has 1 aliphatic rings. The summed E-state index contributed by atoms with van der Waals surface area (Å²) in [5.41, 5.74) is 1.90. The molecule has 0 heterocycles. The van der Waals surface area contributed by atoms with Gasteiger partial charge in [-0.05, 0) is 30.9 Å². The van der Waals surface area contributed by atoms with Gasteiger partial charge in [0.25, 0.3) is 5.69 Å². The molecule has 0 aromatic heterocycles. The van der Waals surface area contributed by atoms with E-state index in [1.54, 1.807) is 6.21 Å². The van der Waals surface area contributed by atoms with Crippen LogP contribution >= 0.6 is 25.5 Å². The van der Waals surface area contributed by atoms with Gasteiger partial charge in [0.05, 0.1) is 11.0 Å². The average molecular weight is 584 g/mol. The molecule has 0 saturated heterocycles. The van der Waals surface area contributed by atoms with Crippen molar-refractivity contribution in [2.45, 2.75) is 31.2 Å². The van der Waals surface area contributed by atoms with Crippen molar-refractivity contribution in [3.05, 3.63) is 105 Å². The van der Waals surface area contributed by atoms with Gasteiger partial charge in [0, 0.05) is 34.9 Å².